The van der Waals surface area contributed by atoms with Crippen LogP contribution in [0.1, 0.15) is 17.5 Å². The fourth-order valence-corrected chi connectivity index (χ4v) is 3.57. The van der Waals surface area contributed by atoms with Crippen LogP contribution in [0, 0.1) is 12.7 Å². The topological polar surface area (TPSA) is 35.6 Å². The third kappa shape index (κ3) is 4.92. The van der Waals surface area contributed by atoms with E-state index in [1.54, 1.807) is 23.1 Å². The Morgan fingerprint density at radius 1 is 1.07 bits per heavy atom. The van der Waals surface area contributed by atoms with E-state index in [-0.39, 0.29) is 11.8 Å². The molecule has 3 rings (SSSR count). The van der Waals surface area contributed by atoms with Crippen molar-refractivity contribution in [2.24, 2.45) is 0 Å². The summed E-state index contributed by atoms with van der Waals surface area (Å²) >= 11 is 12.3. The molecule has 1 fully saturated rings. The SMILES string of the molecule is Cc1c(Cl)cccc1NC(=O)N1CCCN(Cc2c(F)cccc2Cl)CC1. The summed E-state index contributed by atoms with van der Waals surface area (Å²) in [6, 6.07) is 10.0. The molecule has 0 atom stereocenters. The molecule has 1 aliphatic rings. The second-order valence-electron chi connectivity index (χ2n) is 6.66. The average Bonchev–Trinajstić information content (AvgIpc) is 2.88. The number of halogens is 3. The molecule has 1 N–H and O–H groups in total. The zero-order chi connectivity index (χ0) is 19.4. The third-order valence-electron chi connectivity index (χ3n) is 4.83. The summed E-state index contributed by atoms with van der Waals surface area (Å²) in [5, 5.41) is 3.99. The molecule has 2 aromatic carbocycles. The van der Waals surface area contributed by atoms with Crippen LogP contribution in [-0.2, 0) is 6.54 Å². The van der Waals surface area contributed by atoms with Gasteiger partial charge in [0.2, 0.25) is 0 Å². The van der Waals surface area contributed by atoms with Gasteiger partial charge >= 0.3 is 6.03 Å². The van der Waals surface area contributed by atoms with Gasteiger partial charge < -0.3 is 10.2 Å². The molecule has 0 bridgehead atoms. The maximum atomic E-state index is 14.0. The number of carbonyl (C=O) groups excluding carboxylic acids is 1. The van der Waals surface area contributed by atoms with Gasteiger partial charge in [0.05, 0.1) is 0 Å². The van der Waals surface area contributed by atoms with Crippen LogP contribution in [0.2, 0.25) is 10.0 Å². The number of amides is 2. The van der Waals surface area contributed by atoms with Gasteiger partial charge in [-0.25, -0.2) is 9.18 Å². The van der Waals surface area contributed by atoms with Crippen molar-refractivity contribution in [1.29, 1.82) is 0 Å². The Morgan fingerprint density at radius 2 is 1.81 bits per heavy atom. The Morgan fingerprint density at radius 3 is 2.59 bits per heavy atom. The summed E-state index contributed by atoms with van der Waals surface area (Å²) in [6.45, 7) is 4.97. The predicted octanol–water partition coefficient (Wildman–Crippen LogP) is 5.18. The maximum absolute atomic E-state index is 14.0. The second kappa shape index (κ2) is 8.91. The second-order valence-corrected chi connectivity index (χ2v) is 7.47. The summed E-state index contributed by atoms with van der Waals surface area (Å²) in [4.78, 5) is 16.5. The summed E-state index contributed by atoms with van der Waals surface area (Å²) in [5.41, 5.74) is 2.07. The van der Waals surface area contributed by atoms with Crippen molar-refractivity contribution >= 4 is 34.9 Å². The average molecular weight is 410 g/mol. The van der Waals surface area contributed by atoms with E-state index in [1.165, 1.54) is 6.07 Å². The minimum atomic E-state index is -0.294. The number of nitrogens with one attached hydrogen (secondary N) is 1. The van der Waals surface area contributed by atoms with Crippen LogP contribution in [0.25, 0.3) is 0 Å². The molecule has 0 saturated carbocycles. The van der Waals surface area contributed by atoms with Crippen molar-refractivity contribution < 1.29 is 9.18 Å². The van der Waals surface area contributed by atoms with E-state index in [4.69, 9.17) is 23.2 Å². The monoisotopic (exact) mass is 409 g/mol. The fraction of sp³-hybridized carbons (Fsp3) is 0.350. The highest BCUT2D eigenvalue weighted by molar-refractivity contribution is 6.32. The Balaban J connectivity index is 1.61. The van der Waals surface area contributed by atoms with Crippen LogP contribution in [0.5, 0.6) is 0 Å². The Kier molecular flexibility index (Phi) is 6.58. The number of anilines is 1. The highest BCUT2D eigenvalue weighted by Gasteiger charge is 2.21. The van der Waals surface area contributed by atoms with Gasteiger partial charge in [0.25, 0.3) is 0 Å². The predicted molar refractivity (Wildman–Crippen MR) is 108 cm³/mol. The van der Waals surface area contributed by atoms with E-state index in [9.17, 15) is 9.18 Å². The molecule has 1 heterocycles. The van der Waals surface area contributed by atoms with E-state index in [0.29, 0.717) is 47.5 Å². The van der Waals surface area contributed by atoms with Gasteiger partial charge in [-0.3, -0.25) is 4.90 Å². The highest BCUT2D eigenvalue weighted by atomic mass is 35.5. The zero-order valence-electron chi connectivity index (χ0n) is 15.1. The van der Waals surface area contributed by atoms with E-state index >= 15 is 0 Å². The van der Waals surface area contributed by atoms with E-state index in [2.05, 4.69) is 10.2 Å². The molecule has 0 aliphatic carbocycles. The Bertz CT molecular complexity index is 811. The van der Waals surface area contributed by atoms with Gasteiger partial charge in [0.15, 0.2) is 0 Å². The summed E-state index contributed by atoms with van der Waals surface area (Å²) < 4.78 is 14.0. The summed E-state index contributed by atoms with van der Waals surface area (Å²) in [6.07, 6.45) is 0.814. The molecule has 2 aromatic rings. The molecule has 144 valence electrons. The van der Waals surface area contributed by atoms with Crippen LogP contribution < -0.4 is 5.32 Å². The minimum absolute atomic E-state index is 0.147. The molecular weight excluding hydrogens is 388 g/mol. The molecule has 4 nitrogen and oxygen atoms in total. The maximum Gasteiger partial charge on any atom is 0.321 e. The van der Waals surface area contributed by atoms with E-state index < -0.39 is 0 Å². The summed E-state index contributed by atoms with van der Waals surface area (Å²) in [7, 11) is 0. The van der Waals surface area contributed by atoms with Gasteiger partial charge in [-0.2, -0.15) is 0 Å². The van der Waals surface area contributed by atoms with Gasteiger partial charge in [0, 0.05) is 54.0 Å². The molecule has 1 saturated heterocycles. The van der Waals surface area contributed by atoms with Gasteiger partial charge in [-0.05, 0) is 43.2 Å². The largest absolute Gasteiger partial charge is 0.323 e. The molecule has 0 radical (unpaired) electrons. The standard InChI is InChI=1S/C20H22Cl2FN3O/c1-14-16(21)5-3-8-19(14)24-20(27)26-10-4-9-25(11-12-26)13-15-17(22)6-2-7-18(15)23/h2-3,5-8H,4,9-13H2,1H3,(H,24,27). The number of urea groups is 1. The first-order valence-corrected chi connectivity index (χ1v) is 9.67. The summed E-state index contributed by atoms with van der Waals surface area (Å²) in [5.74, 6) is -0.294. The highest BCUT2D eigenvalue weighted by Crippen LogP contribution is 2.24. The van der Waals surface area contributed by atoms with Crippen molar-refractivity contribution in [1.82, 2.24) is 9.80 Å². The van der Waals surface area contributed by atoms with E-state index in [0.717, 1.165) is 18.5 Å². The first-order valence-electron chi connectivity index (χ1n) is 8.92. The fourth-order valence-electron chi connectivity index (χ4n) is 3.18. The molecule has 1 aliphatic heterocycles. The van der Waals surface area contributed by atoms with Crippen molar-refractivity contribution in [3.8, 4) is 0 Å². The van der Waals surface area contributed by atoms with Crippen LogP contribution in [0.15, 0.2) is 36.4 Å². The molecular formula is C20H22Cl2FN3O. The zero-order valence-corrected chi connectivity index (χ0v) is 16.7. The number of hydrogen-bond acceptors (Lipinski definition) is 2. The molecule has 0 unspecified atom stereocenters. The van der Waals surface area contributed by atoms with Gasteiger partial charge in [-0.15, -0.1) is 0 Å². The number of carbonyl (C=O) groups is 1. The molecule has 0 spiro atoms. The van der Waals surface area contributed by atoms with Gasteiger partial charge in [-0.1, -0.05) is 35.3 Å². The Hall–Kier alpha value is -1.82. The molecule has 7 heteroatoms. The van der Waals surface area contributed by atoms with Crippen molar-refractivity contribution in [3.63, 3.8) is 0 Å². The van der Waals surface area contributed by atoms with Crippen molar-refractivity contribution in [3.05, 3.63) is 63.4 Å². The number of hydrogen-bond donors (Lipinski definition) is 1. The third-order valence-corrected chi connectivity index (χ3v) is 5.59. The smallest absolute Gasteiger partial charge is 0.321 e. The lowest BCUT2D eigenvalue weighted by atomic mass is 10.2. The van der Waals surface area contributed by atoms with Crippen molar-refractivity contribution in [2.75, 3.05) is 31.5 Å². The lowest BCUT2D eigenvalue weighted by Gasteiger charge is -2.23. The van der Waals surface area contributed by atoms with Crippen LogP contribution >= 0.6 is 23.2 Å². The lowest BCUT2D eigenvalue weighted by Crippen LogP contribution is -2.38. The molecule has 0 aromatic heterocycles. The quantitative estimate of drug-likeness (QED) is 0.757. The van der Waals surface area contributed by atoms with Crippen LogP contribution in [0.3, 0.4) is 0 Å². The number of rotatable bonds is 3. The number of nitrogens with zero attached hydrogens (tertiary/aromatic N) is 2. The van der Waals surface area contributed by atoms with E-state index in [1.807, 2.05) is 19.1 Å². The lowest BCUT2D eigenvalue weighted by molar-refractivity contribution is 0.210. The molecule has 27 heavy (non-hydrogen) atoms. The van der Waals surface area contributed by atoms with Crippen LogP contribution in [0.4, 0.5) is 14.9 Å². The Labute approximate surface area is 168 Å². The first kappa shape index (κ1) is 19.9. The normalized spacial score (nSPS) is 15.5. The minimum Gasteiger partial charge on any atom is -0.323 e. The first-order chi connectivity index (χ1) is 13.0. The van der Waals surface area contributed by atoms with Crippen molar-refractivity contribution in [2.45, 2.75) is 19.9 Å². The van der Waals surface area contributed by atoms with Crippen LogP contribution in [-0.4, -0.2) is 42.0 Å². The number of benzene rings is 2. The molecule has 2 amide bonds. The van der Waals surface area contributed by atoms with Gasteiger partial charge in [0.1, 0.15) is 5.82 Å².